The molecule has 2 heterocycles. The van der Waals surface area contributed by atoms with E-state index in [1.54, 1.807) is 0 Å². The molecular weight excluding hydrogens is 326 g/mol. The van der Waals surface area contributed by atoms with Crippen LogP contribution in [0.4, 0.5) is 0 Å². The second kappa shape index (κ2) is 7.41. The molecule has 2 aliphatic rings. The number of amides is 1. The molecule has 0 spiro atoms. The molecule has 10 heteroatoms. The Morgan fingerprint density at radius 2 is 2.00 bits per heavy atom. The Balaban J connectivity index is 1.85. The number of hydrogen-bond donors (Lipinski definition) is 3. The van der Waals surface area contributed by atoms with Gasteiger partial charge in [0.1, 0.15) is 11.7 Å². The zero-order valence-electron chi connectivity index (χ0n) is 13.3. The zero-order chi connectivity index (χ0) is 17.1. The predicted octanol–water partition coefficient (Wildman–Crippen LogP) is -2.81. The van der Waals surface area contributed by atoms with Gasteiger partial charge in [-0.15, -0.1) is 0 Å². The van der Waals surface area contributed by atoms with Gasteiger partial charge in [-0.25, -0.2) is 13.1 Å². The quantitative estimate of drug-likeness (QED) is 0.489. The minimum Gasteiger partial charge on any atom is -0.388 e. The van der Waals surface area contributed by atoms with Crippen LogP contribution in [0.2, 0.25) is 0 Å². The molecule has 1 amide bonds. The number of morpholine rings is 1. The molecule has 0 aromatic heterocycles. The number of carbonyl (C=O) groups excluding carboxylic acids is 1. The van der Waals surface area contributed by atoms with E-state index in [0.29, 0.717) is 26.3 Å². The number of ether oxygens (including phenoxy) is 1. The highest BCUT2D eigenvalue weighted by molar-refractivity contribution is 7.88. The Bertz CT molecular complexity index is 522. The fourth-order valence-electron chi connectivity index (χ4n) is 2.70. The van der Waals surface area contributed by atoms with Crippen LogP contribution in [0.15, 0.2) is 0 Å². The van der Waals surface area contributed by atoms with Gasteiger partial charge in [0.05, 0.1) is 26.0 Å². The van der Waals surface area contributed by atoms with E-state index in [1.807, 2.05) is 4.90 Å². The van der Waals surface area contributed by atoms with E-state index in [2.05, 4.69) is 4.72 Å². The molecule has 0 aliphatic carbocycles. The summed E-state index contributed by atoms with van der Waals surface area (Å²) in [5, 5.41) is 20.5. The third-order valence-corrected chi connectivity index (χ3v) is 4.95. The summed E-state index contributed by atoms with van der Waals surface area (Å²) in [5.41, 5.74) is -1.56. The molecule has 23 heavy (non-hydrogen) atoms. The number of nitrogens with zero attached hydrogens (tertiary/aromatic N) is 2. The first-order chi connectivity index (χ1) is 10.7. The first kappa shape index (κ1) is 18.6. The Morgan fingerprint density at radius 1 is 1.35 bits per heavy atom. The summed E-state index contributed by atoms with van der Waals surface area (Å²) < 4.78 is 29.7. The number of β-amino-alcohol motifs (C(OH)–C–C–N with tert-alkyl or cyclic N) is 1. The third kappa shape index (κ3) is 5.37. The molecule has 2 saturated heterocycles. The van der Waals surface area contributed by atoms with Gasteiger partial charge in [-0.05, 0) is 6.42 Å². The summed E-state index contributed by atoms with van der Waals surface area (Å²) in [4.78, 5) is 15.8. The lowest BCUT2D eigenvalue weighted by molar-refractivity contribution is -0.149. The lowest BCUT2D eigenvalue weighted by Crippen LogP contribution is -2.61. The maximum Gasteiger partial charge on any atom is 0.236 e. The Hall–Kier alpha value is -0.780. The molecule has 2 fully saturated rings. The summed E-state index contributed by atoms with van der Waals surface area (Å²) in [6.07, 6.45) is -0.0888. The zero-order valence-corrected chi connectivity index (χ0v) is 14.1. The van der Waals surface area contributed by atoms with E-state index < -0.39 is 21.7 Å². The molecule has 2 rings (SSSR count). The van der Waals surface area contributed by atoms with Gasteiger partial charge in [0.2, 0.25) is 15.9 Å². The normalized spacial score (nSPS) is 30.4. The second-order valence-electron chi connectivity index (χ2n) is 6.19. The number of likely N-dealkylation sites (tertiary alicyclic amines) is 1. The average Bonchev–Trinajstić information content (AvgIpc) is 2.48. The van der Waals surface area contributed by atoms with E-state index >= 15 is 0 Å². The number of rotatable bonds is 5. The number of carbonyl (C=O) groups is 1. The first-order valence-corrected chi connectivity index (χ1v) is 9.52. The summed E-state index contributed by atoms with van der Waals surface area (Å²) in [5.74, 6) is -0.107. The van der Waals surface area contributed by atoms with Gasteiger partial charge in [0, 0.05) is 32.7 Å². The highest BCUT2D eigenvalue weighted by atomic mass is 32.2. The largest absolute Gasteiger partial charge is 0.388 e. The van der Waals surface area contributed by atoms with Crippen LogP contribution in [0.1, 0.15) is 6.42 Å². The highest BCUT2D eigenvalue weighted by Gasteiger charge is 2.42. The minimum absolute atomic E-state index is 0.00881. The molecule has 0 radical (unpaired) electrons. The standard InChI is InChI=1S/C13H25N3O6S/c1-23(20,21)14-10-13(19)2-3-16(8-11(13)17)12(18)9-15-4-6-22-7-5-15/h11,14,17,19H,2-10H2,1H3/t11-,13-/m1/s1. The lowest BCUT2D eigenvalue weighted by atomic mass is 9.88. The monoisotopic (exact) mass is 351 g/mol. The molecule has 0 bridgehead atoms. The van der Waals surface area contributed by atoms with Crippen molar-refractivity contribution in [3.05, 3.63) is 0 Å². The van der Waals surface area contributed by atoms with Gasteiger partial charge >= 0.3 is 0 Å². The Labute approximate surface area is 136 Å². The van der Waals surface area contributed by atoms with Crippen molar-refractivity contribution >= 4 is 15.9 Å². The second-order valence-corrected chi connectivity index (χ2v) is 8.02. The van der Waals surface area contributed by atoms with Crippen LogP contribution >= 0.6 is 0 Å². The van der Waals surface area contributed by atoms with Crippen molar-refractivity contribution in [2.75, 3.05) is 58.7 Å². The van der Waals surface area contributed by atoms with Crippen LogP contribution in [0.25, 0.3) is 0 Å². The first-order valence-electron chi connectivity index (χ1n) is 7.62. The van der Waals surface area contributed by atoms with Crippen molar-refractivity contribution < 1.29 is 28.2 Å². The molecule has 9 nitrogen and oxygen atoms in total. The summed E-state index contributed by atoms with van der Waals surface area (Å²) in [7, 11) is -3.45. The topological polar surface area (TPSA) is 119 Å². The fraction of sp³-hybridized carbons (Fsp3) is 0.923. The average molecular weight is 351 g/mol. The molecule has 2 aliphatic heterocycles. The number of nitrogens with one attached hydrogen (secondary N) is 1. The van der Waals surface area contributed by atoms with Gasteiger partial charge in [0.25, 0.3) is 0 Å². The number of sulfonamides is 1. The van der Waals surface area contributed by atoms with E-state index in [0.717, 1.165) is 6.26 Å². The maximum absolute atomic E-state index is 12.3. The van der Waals surface area contributed by atoms with Gasteiger partial charge in [-0.3, -0.25) is 9.69 Å². The van der Waals surface area contributed by atoms with Crippen molar-refractivity contribution in [3.63, 3.8) is 0 Å². The van der Waals surface area contributed by atoms with Crippen LogP contribution in [-0.4, -0.2) is 105 Å². The van der Waals surface area contributed by atoms with Crippen molar-refractivity contribution in [2.24, 2.45) is 0 Å². The fourth-order valence-corrected chi connectivity index (χ4v) is 3.22. The van der Waals surface area contributed by atoms with Crippen molar-refractivity contribution in [3.8, 4) is 0 Å². The van der Waals surface area contributed by atoms with Crippen LogP contribution in [-0.2, 0) is 19.6 Å². The minimum atomic E-state index is -3.45. The van der Waals surface area contributed by atoms with Crippen molar-refractivity contribution in [1.82, 2.24) is 14.5 Å². The maximum atomic E-state index is 12.3. The number of piperidine rings is 1. The van der Waals surface area contributed by atoms with Crippen LogP contribution in [0.5, 0.6) is 0 Å². The number of aliphatic hydroxyl groups is 2. The van der Waals surface area contributed by atoms with Gasteiger partial charge in [0.15, 0.2) is 0 Å². The van der Waals surface area contributed by atoms with Gasteiger partial charge < -0.3 is 19.8 Å². The molecule has 0 aromatic carbocycles. The summed E-state index contributed by atoms with van der Waals surface area (Å²) in [6, 6.07) is 0. The van der Waals surface area contributed by atoms with E-state index in [9.17, 15) is 23.4 Å². The van der Waals surface area contributed by atoms with Crippen LogP contribution in [0, 0.1) is 0 Å². The molecule has 0 aromatic rings. The molecule has 2 atom stereocenters. The van der Waals surface area contributed by atoms with Crippen LogP contribution < -0.4 is 4.72 Å². The van der Waals surface area contributed by atoms with Crippen molar-refractivity contribution in [1.29, 1.82) is 0 Å². The van der Waals surface area contributed by atoms with Gasteiger partial charge in [-0.2, -0.15) is 0 Å². The van der Waals surface area contributed by atoms with E-state index in [-0.39, 0.29) is 38.5 Å². The van der Waals surface area contributed by atoms with E-state index in [4.69, 9.17) is 4.74 Å². The summed E-state index contributed by atoms with van der Waals surface area (Å²) in [6.45, 7) is 2.87. The number of hydrogen-bond acceptors (Lipinski definition) is 7. The smallest absolute Gasteiger partial charge is 0.236 e. The van der Waals surface area contributed by atoms with Crippen LogP contribution in [0.3, 0.4) is 0 Å². The molecule has 134 valence electrons. The van der Waals surface area contributed by atoms with E-state index in [1.165, 1.54) is 4.90 Å². The molecule has 3 N–H and O–H groups in total. The predicted molar refractivity (Wildman–Crippen MR) is 82.3 cm³/mol. The molecular formula is C13H25N3O6S. The molecule has 0 unspecified atom stereocenters. The third-order valence-electron chi connectivity index (χ3n) is 4.28. The van der Waals surface area contributed by atoms with Crippen molar-refractivity contribution in [2.45, 2.75) is 18.1 Å². The SMILES string of the molecule is CS(=O)(=O)NC[C@]1(O)CCN(C(=O)CN2CCOCC2)C[C@H]1O. The highest BCUT2D eigenvalue weighted by Crippen LogP contribution is 2.22. The lowest BCUT2D eigenvalue weighted by Gasteiger charge is -2.42. The number of aliphatic hydroxyl groups excluding tert-OH is 1. The molecule has 0 saturated carbocycles. The van der Waals surface area contributed by atoms with Gasteiger partial charge in [-0.1, -0.05) is 0 Å². The Kier molecular flexibility index (Phi) is 5.98. The summed E-state index contributed by atoms with van der Waals surface area (Å²) >= 11 is 0. The Morgan fingerprint density at radius 3 is 2.57 bits per heavy atom.